The van der Waals surface area contributed by atoms with E-state index in [0.29, 0.717) is 36.1 Å². The molecule has 0 aliphatic carbocycles. The van der Waals surface area contributed by atoms with E-state index in [4.69, 9.17) is 18.6 Å². The highest BCUT2D eigenvalue weighted by atomic mass is 16.5. The van der Waals surface area contributed by atoms with Gasteiger partial charge in [0.2, 0.25) is 11.8 Å². The van der Waals surface area contributed by atoms with Crippen molar-refractivity contribution in [3.8, 4) is 11.5 Å². The second-order valence-electron chi connectivity index (χ2n) is 6.25. The fraction of sp³-hybridized carbons (Fsp3) is 0.333. The molecule has 7 nitrogen and oxygen atoms in total. The van der Waals surface area contributed by atoms with Gasteiger partial charge in [-0.2, -0.15) is 0 Å². The molecule has 0 atom stereocenters. The van der Waals surface area contributed by atoms with Crippen LogP contribution in [0.25, 0.3) is 11.1 Å². The second-order valence-corrected chi connectivity index (χ2v) is 6.25. The number of ether oxygens (including phenoxy) is 3. The van der Waals surface area contributed by atoms with Gasteiger partial charge in [-0.05, 0) is 29.8 Å². The Balaban J connectivity index is 1.75. The average molecular weight is 384 g/mol. The van der Waals surface area contributed by atoms with E-state index in [9.17, 15) is 4.79 Å². The average Bonchev–Trinajstić information content (AvgIpc) is 3.13. The fourth-order valence-corrected chi connectivity index (χ4v) is 2.92. The number of fused-ring (bicyclic) bond motifs is 1. The standard InChI is InChI=1S/C21H24N2O5/c1-25-11-10-23(14-20-22-16-6-4-5-7-17(16)28-20)21(24)13-15-8-9-18(26-2)19(12-15)27-3/h4-9,12H,10-11,13-14H2,1-3H3. The van der Waals surface area contributed by atoms with Crippen LogP contribution < -0.4 is 9.47 Å². The molecule has 1 aromatic heterocycles. The molecule has 28 heavy (non-hydrogen) atoms. The summed E-state index contributed by atoms with van der Waals surface area (Å²) >= 11 is 0. The zero-order valence-corrected chi connectivity index (χ0v) is 16.3. The quantitative estimate of drug-likeness (QED) is 0.565. The Kier molecular flexibility index (Phi) is 6.49. The second kappa shape index (κ2) is 9.23. The van der Waals surface area contributed by atoms with Crippen molar-refractivity contribution in [3.05, 3.63) is 53.9 Å². The third-order valence-electron chi connectivity index (χ3n) is 4.39. The van der Waals surface area contributed by atoms with Gasteiger partial charge in [0.15, 0.2) is 17.1 Å². The van der Waals surface area contributed by atoms with Crippen LogP contribution in [0.15, 0.2) is 46.9 Å². The number of hydrogen-bond donors (Lipinski definition) is 0. The maximum Gasteiger partial charge on any atom is 0.227 e. The minimum Gasteiger partial charge on any atom is -0.493 e. The molecule has 0 aliphatic heterocycles. The first-order valence-corrected chi connectivity index (χ1v) is 8.96. The maximum atomic E-state index is 12.9. The normalized spacial score (nSPS) is 10.8. The van der Waals surface area contributed by atoms with Crippen LogP contribution in [0.2, 0.25) is 0 Å². The van der Waals surface area contributed by atoms with Crippen molar-refractivity contribution in [1.82, 2.24) is 9.88 Å². The van der Waals surface area contributed by atoms with Gasteiger partial charge in [-0.25, -0.2) is 4.98 Å². The Morgan fingerprint density at radius 2 is 1.86 bits per heavy atom. The molecular formula is C21H24N2O5. The molecule has 0 saturated carbocycles. The molecule has 1 amide bonds. The third kappa shape index (κ3) is 4.61. The molecule has 0 spiro atoms. The van der Waals surface area contributed by atoms with Crippen LogP contribution in [0.1, 0.15) is 11.5 Å². The number of carbonyl (C=O) groups is 1. The molecule has 2 aromatic carbocycles. The van der Waals surface area contributed by atoms with Gasteiger partial charge in [-0.15, -0.1) is 0 Å². The summed E-state index contributed by atoms with van der Waals surface area (Å²) in [5.74, 6) is 1.67. The smallest absolute Gasteiger partial charge is 0.227 e. The van der Waals surface area contributed by atoms with Gasteiger partial charge >= 0.3 is 0 Å². The summed E-state index contributed by atoms with van der Waals surface area (Å²) in [6.07, 6.45) is 0.226. The number of methoxy groups -OCH3 is 3. The van der Waals surface area contributed by atoms with Crippen LogP contribution in [0.5, 0.6) is 11.5 Å². The third-order valence-corrected chi connectivity index (χ3v) is 4.39. The van der Waals surface area contributed by atoms with E-state index >= 15 is 0 Å². The lowest BCUT2D eigenvalue weighted by Gasteiger charge is -2.21. The van der Waals surface area contributed by atoms with E-state index in [1.807, 2.05) is 36.4 Å². The van der Waals surface area contributed by atoms with Crippen LogP contribution in [-0.2, 0) is 22.5 Å². The van der Waals surface area contributed by atoms with Gasteiger partial charge in [0.25, 0.3) is 0 Å². The van der Waals surface area contributed by atoms with E-state index in [2.05, 4.69) is 4.98 Å². The number of amides is 1. The number of hydrogen-bond acceptors (Lipinski definition) is 6. The summed E-state index contributed by atoms with van der Waals surface area (Å²) < 4.78 is 21.5. The molecule has 3 rings (SSSR count). The first kappa shape index (κ1) is 19.7. The summed E-state index contributed by atoms with van der Waals surface area (Å²) in [5, 5.41) is 0. The molecule has 0 fully saturated rings. The lowest BCUT2D eigenvalue weighted by Crippen LogP contribution is -2.34. The molecule has 0 unspecified atom stereocenters. The minimum atomic E-state index is -0.0495. The van der Waals surface area contributed by atoms with Gasteiger partial charge in [0.1, 0.15) is 5.52 Å². The Labute approximate surface area is 163 Å². The molecule has 3 aromatic rings. The summed E-state index contributed by atoms with van der Waals surface area (Å²) in [5.41, 5.74) is 2.32. The van der Waals surface area contributed by atoms with Gasteiger partial charge in [-0.3, -0.25) is 4.79 Å². The van der Waals surface area contributed by atoms with Crippen molar-refractivity contribution >= 4 is 17.0 Å². The molecule has 7 heteroatoms. The molecule has 0 radical (unpaired) electrons. The van der Waals surface area contributed by atoms with Crippen molar-refractivity contribution in [2.75, 3.05) is 34.5 Å². The number of para-hydroxylation sites is 2. The highest BCUT2D eigenvalue weighted by molar-refractivity contribution is 5.79. The zero-order chi connectivity index (χ0) is 19.9. The number of oxazole rings is 1. The summed E-state index contributed by atoms with van der Waals surface area (Å²) in [4.78, 5) is 19.1. The molecule has 1 heterocycles. The predicted molar refractivity (Wildman–Crippen MR) is 105 cm³/mol. The lowest BCUT2D eigenvalue weighted by atomic mass is 10.1. The monoisotopic (exact) mass is 384 g/mol. The number of nitrogens with zero attached hydrogens (tertiary/aromatic N) is 2. The van der Waals surface area contributed by atoms with E-state index < -0.39 is 0 Å². The summed E-state index contributed by atoms with van der Waals surface area (Å²) in [6, 6.07) is 13.0. The summed E-state index contributed by atoms with van der Waals surface area (Å²) in [6.45, 7) is 1.16. The fourth-order valence-electron chi connectivity index (χ4n) is 2.92. The van der Waals surface area contributed by atoms with E-state index in [-0.39, 0.29) is 18.9 Å². The highest BCUT2D eigenvalue weighted by Crippen LogP contribution is 2.28. The van der Waals surface area contributed by atoms with Crippen LogP contribution in [0, 0.1) is 0 Å². The van der Waals surface area contributed by atoms with Crippen LogP contribution in [0.4, 0.5) is 0 Å². The SMILES string of the molecule is COCCN(Cc1nc2ccccc2o1)C(=O)Cc1ccc(OC)c(OC)c1. The van der Waals surface area contributed by atoms with Crippen LogP contribution in [0.3, 0.4) is 0 Å². The Hall–Kier alpha value is -3.06. The maximum absolute atomic E-state index is 12.9. The molecule has 148 valence electrons. The molecular weight excluding hydrogens is 360 g/mol. The highest BCUT2D eigenvalue weighted by Gasteiger charge is 2.18. The first-order valence-electron chi connectivity index (χ1n) is 8.96. The van der Waals surface area contributed by atoms with E-state index in [0.717, 1.165) is 11.1 Å². The van der Waals surface area contributed by atoms with Gasteiger partial charge in [0, 0.05) is 13.7 Å². The van der Waals surface area contributed by atoms with Gasteiger partial charge < -0.3 is 23.5 Å². The largest absolute Gasteiger partial charge is 0.493 e. The number of benzene rings is 2. The first-order chi connectivity index (χ1) is 13.6. The Bertz CT molecular complexity index is 904. The Morgan fingerprint density at radius 3 is 2.57 bits per heavy atom. The Morgan fingerprint density at radius 1 is 1.07 bits per heavy atom. The van der Waals surface area contributed by atoms with Crippen molar-refractivity contribution < 1.29 is 23.4 Å². The van der Waals surface area contributed by atoms with Gasteiger partial charge in [0.05, 0.1) is 33.8 Å². The van der Waals surface area contributed by atoms with Crippen LogP contribution in [-0.4, -0.2) is 50.3 Å². The molecule has 0 bridgehead atoms. The van der Waals surface area contributed by atoms with Gasteiger partial charge in [-0.1, -0.05) is 18.2 Å². The number of aromatic nitrogens is 1. The molecule has 0 saturated heterocycles. The van der Waals surface area contributed by atoms with Crippen molar-refractivity contribution in [1.29, 1.82) is 0 Å². The zero-order valence-electron chi connectivity index (χ0n) is 16.3. The predicted octanol–water partition coefficient (Wildman–Crippen LogP) is 3.06. The summed E-state index contributed by atoms with van der Waals surface area (Å²) in [7, 11) is 4.76. The lowest BCUT2D eigenvalue weighted by molar-refractivity contribution is -0.132. The van der Waals surface area contributed by atoms with Crippen LogP contribution >= 0.6 is 0 Å². The minimum absolute atomic E-state index is 0.0495. The van der Waals surface area contributed by atoms with Crippen molar-refractivity contribution in [3.63, 3.8) is 0 Å². The van der Waals surface area contributed by atoms with Crippen molar-refractivity contribution in [2.24, 2.45) is 0 Å². The van der Waals surface area contributed by atoms with Crippen molar-refractivity contribution in [2.45, 2.75) is 13.0 Å². The topological polar surface area (TPSA) is 74.0 Å². The number of rotatable bonds is 9. The van der Waals surface area contributed by atoms with E-state index in [1.54, 1.807) is 32.3 Å². The van der Waals surface area contributed by atoms with E-state index in [1.165, 1.54) is 0 Å². The molecule has 0 aliphatic rings. The molecule has 0 N–H and O–H groups in total. The number of carbonyl (C=O) groups excluding carboxylic acids is 1.